The number of hydrogen-bond donors (Lipinski definition) is 1. The Morgan fingerprint density at radius 1 is 0.828 bits per heavy atom. The van der Waals surface area contributed by atoms with Crippen molar-refractivity contribution in [3.8, 4) is 0 Å². The van der Waals surface area contributed by atoms with Crippen LogP contribution < -0.4 is 0 Å². The Bertz CT molecular complexity index is 1070. The molecule has 2 heteroatoms. The fourth-order valence-corrected chi connectivity index (χ4v) is 4.93. The molecule has 1 saturated heterocycles. The van der Waals surface area contributed by atoms with E-state index in [2.05, 4.69) is 94.8 Å². The molecule has 1 atom stereocenters. The molecule has 0 aliphatic carbocycles. The molecule has 0 radical (unpaired) electrons. The third-order valence-corrected chi connectivity index (χ3v) is 6.58. The lowest BCUT2D eigenvalue weighted by Gasteiger charge is -2.31. The molecular formula is C27H28N2. The number of aromatic amines is 1. The van der Waals surface area contributed by atoms with Crippen LogP contribution in [0, 0.1) is 0 Å². The number of likely N-dealkylation sites (tertiary alicyclic amines) is 1. The minimum absolute atomic E-state index is 0.218. The molecule has 29 heavy (non-hydrogen) atoms. The highest BCUT2D eigenvalue weighted by Gasteiger charge is 2.39. The van der Waals surface area contributed by atoms with Gasteiger partial charge in [0.1, 0.15) is 0 Å². The summed E-state index contributed by atoms with van der Waals surface area (Å²) >= 11 is 0. The van der Waals surface area contributed by atoms with Crippen LogP contribution in [0.4, 0.5) is 0 Å². The van der Waals surface area contributed by atoms with Gasteiger partial charge in [-0.2, -0.15) is 0 Å². The second kappa shape index (κ2) is 7.88. The summed E-state index contributed by atoms with van der Waals surface area (Å²) in [6, 6.07) is 31.1. The van der Waals surface area contributed by atoms with E-state index in [9.17, 15) is 0 Å². The van der Waals surface area contributed by atoms with Crippen molar-refractivity contribution in [1.29, 1.82) is 0 Å². The molecule has 1 aliphatic rings. The van der Waals surface area contributed by atoms with Crippen LogP contribution in [0.2, 0.25) is 0 Å². The van der Waals surface area contributed by atoms with E-state index in [1.165, 1.54) is 40.4 Å². The lowest BCUT2D eigenvalue weighted by Crippen LogP contribution is -2.31. The van der Waals surface area contributed by atoms with Gasteiger partial charge in [-0.05, 0) is 66.1 Å². The van der Waals surface area contributed by atoms with Crippen molar-refractivity contribution >= 4 is 10.9 Å². The zero-order valence-electron chi connectivity index (χ0n) is 16.9. The van der Waals surface area contributed by atoms with Crippen LogP contribution in [0.3, 0.4) is 0 Å². The molecule has 0 amide bonds. The van der Waals surface area contributed by atoms with Crippen LogP contribution in [0.15, 0.2) is 91.1 Å². The molecule has 5 rings (SSSR count). The van der Waals surface area contributed by atoms with E-state index in [1.54, 1.807) is 0 Å². The summed E-state index contributed by atoms with van der Waals surface area (Å²) in [5.41, 5.74) is 5.79. The third-order valence-electron chi connectivity index (χ3n) is 6.58. The molecular weight excluding hydrogens is 352 g/mol. The van der Waals surface area contributed by atoms with Crippen LogP contribution in [0.25, 0.3) is 10.9 Å². The average molecular weight is 381 g/mol. The molecule has 2 heterocycles. The van der Waals surface area contributed by atoms with Gasteiger partial charge in [0.05, 0.1) is 0 Å². The summed E-state index contributed by atoms with van der Waals surface area (Å²) in [4.78, 5) is 5.98. The topological polar surface area (TPSA) is 19.0 Å². The van der Waals surface area contributed by atoms with Crippen LogP contribution in [0.5, 0.6) is 0 Å². The average Bonchev–Trinajstić information content (AvgIpc) is 3.41. The van der Waals surface area contributed by atoms with E-state index < -0.39 is 0 Å². The van der Waals surface area contributed by atoms with Gasteiger partial charge in [-0.3, -0.25) is 4.90 Å². The van der Waals surface area contributed by atoms with Crippen molar-refractivity contribution in [2.75, 3.05) is 13.1 Å². The molecule has 1 aliphatic heterocycles. The van der Waals surface area contributed by atoms with Crippen LogP contribution in [-0.4, -0.2) is 23.0 Å². The Labute approximate surface area is 173 Å². The number of nitrogens with one attached hydrogen (secondary N) is 1. The van der Waals surface area contributed by atoms with Gasteiger partial charge in [-0.1, -0.05) is 66.7 Å². The van der Waals surface area contributed by atoms with Gasteiger partial charge >= 0.3 is 0 Å². The van der Waals surface area contributed by atoms with Crippen molar-refractivity contribution in [2.45, 2.75) is 31.2 Å². The molecule has 146 valence electrons. The number of fused-ring (bicyclic) bond motifs is 1. The standard InChI is InChI=1S/C27H28N2/c1-3-7-22(8-4-1)13-15-27(25-11-12-26-24(19-25)14-17-28-26)16-18-29(21-27)20-23-9-5-2-6-10-23/h1-12,14,17,19,28H,13,15-16,18,20-21H2. The Hall–Kier alpha value is -2.84. The normalized spacial score (nSPS) is 19.7. The molecule has 4 aromatic rings. The first-order valence-corrected chi connectivity index (χ1v) is 10.7. The van der Waals surface area contributed by atoms with E-state index in [-0.39, 0.29) is 5.41 Å². The lowest BCUT2D eigenvalue weighted by molar-refractivity contribution is 0.295. The van der Waals surface area contributed by atoms with Crippen molar-refractivity contribution in [1.82, 2.24) is 9.88 Å². The maximum absolute atomic E-state index is 3.34. The molecule has 1 unspecified atom stereocenters. The molecule has 0 bridgehead atoms. The van der Waals surface area contributed by atoms with Gasteiger partial charge in [0.15, 0.2) is 0 Å². The van der Waals surface area contributed by atoms with Gasteiger partial charge in [0, 0.05) is 30.2 Å². The zero-order chi connectivity index (χ0) is 19.5. The molecule has 1 fully saturated rings. The molecule has 2 nitrogen and oxygen atoms in total. The summed E-state index contributed by atoms with van der Waals surface area (Å²) in [5, 5.41) is 1.32. The quantitative estimate of drug-likeness (QED) is 0.438. The fraction of sp³-hybridized carbons (Fsp3) is 0.259. The minimum atomic E-state index is 0.218. The highest BCUT2D eigenvalue weighted by Crippen LogP contribution is 2.40. The second-order valence-corrected chi connectivity index (χ2v) is 8.49. The predicted octanol–water partition coefficient (Wildman–Crippen LogP) is 5.94. The first kappa shape index (κ1) is 18.2. The molecule has 1 aromatic heterocycles. The molecule has 3 aromatic carbocycles. The minimum Gasteiger partial charge on any atom is -0.361 e. The number of hydrogen-bond acceptors (Lipinski definition) is 1. The van der Waals surface area contributed by atoms with Gasteiger partial charge in [-0.25, -0.2) is 0 Å². The van der Waals surface area contributed by atoms with Crippen LogP contribution in [0.1, 0.15) is 29.5 Å². The van der Waals surface area contributed by atoms with E-state index >= 15 is 0 Å². The lowest BCUT2D eigenvalue weighted by atomic mass is 9.75. The fourth-order valence-electron chi connectivity index (χ4n) is 4.93. The summed E-state index contributed by atoms with van der Waals surface area (Å²) in [6.07, 6.45) is 5.59. The smallest absolute Gasteiger partial charge is 0.0454 e. The first-order chi connectivity index (χ1) is 14.3. The Morgan fingerprint density at radius 3 is 2.38 bits per heavy atom. The number of aryl methyl sites for hydroxylation is 1. The largest absolute Gasteiger partial charge is 0.361 e. The third kappa shape index (κ3) is 3.86. The first-order valence-electron chi connectivity index (χ1n) is 10.7. The van der Waals surface area contributed by atoms with Gasteiger partial charge in [0.2, 0.25) is 0 Å². The number of H-pyrrole nitrogens is 1. The summed E-state index contributed by atoms with van der Waals surface area (Å²) in [7, 11) is 0. The van der Waals surface area contributed by atoms with E-state index in [0.29, 0.717) is 0 Å². The Balaban J connectivity index is 1.42. The Morgan fingerprint density at radius 2 is 1.59 bits per heavy atom. The number of aromatic nitrogens is 1. The number of rotatable bonds is 6. The summed E-state index contributed by atoms with van der Waals surface area (Å²) in [6.45, 7) is 3.33. The Kier molecular flexibility index (Phi) is 4.95. The maximum Gasteiger partial charge on any atom is 0.0454 e. The molecule has 0 spiro atoms. The van der Waals surface area contributed by atoms with Gasteiger partial charge in [0.25, 0.3) is 0 Å². The monoisotopic (exact) mass is 380 g/mol. The zero-order valence-corrected chi connectivity index (χ0v) is 16.9. The van der Waals surface area contributed by atoms with E-state index in [1.807, 2.05) is 6.20 Å². The second-order valence-electron chi connectivity index (χ2n) is 8.49. The van der Waals surface area contributed by atoms with Gasteiger partial charge in [-0.15, -0.1) is 0 Å². The number of benzene rings is 3. The van der Waals surface area contributed by atoms with Gasteiger partial charge < -0.3 is 4.98 Å². The van der Waals surface area contributed by atoms with Crippen LogP contribution in [-0.2, 0) is 18.4 Å². The highest BCUT2D eigenvalue weighted by molar-refractivity contribution is 5.80. The van der Waals surface area contributed by atoms with E-state index in [4.69, 9.17) is 0 Å². The van der Waals surface area contributed by atoms with Crippen molar-refractivity contribution in [3.63, 3.8) is 0 Å². The van der Waals surface area contributed by atoms with E-state index in [0.717, 1.165) is 26.1 Å². The molecule has 0 saturated carbocycles. The summed E-state index contributed by atoms with van der Waals surface area (Å²) < 4.78 is 0. The van der Waals surface area contributed by atoms with Crippen LogP contribution >= 0.6 is 0 Å². The predicted molar refractivity (Wildman–Crippen MR) is 121 cm³/mol. The SMILES string of the molecule is c1ccc(CCC2(c3ccc4[nH]ccc4c3)CCN(Cc3ccccc3)C2)cc1. The highest BCUT2D eigenvalue weighted by atomic mass is 15.2. The number of nitrogens with zero attached hydrogens (tertiary/aromatic N) is 1. The maximum atomic E-state index is 3.34. The van der Waals surface area contributed by atoms with Crippen molar-refractivity contribution < 1.29 is 0 Å². The summed E-state index contributed by atoms with van der Waals surface area (Å²) in [5.74, 6) is 0. The van der Waals surface area contributed by atoms with Crippen molar-refractivity contribution in [3.05, 3.63) is 108 Å². The molecule has 1 N–H and O–H groups in total. The van der Waals surface area contributed by atoms with Crippen molar-refractivity contribution in [2.24, 2.45) is 0 Å².